The minimum atomic E-state index is -0.561. The summed E-state index contributed by atoms with van der Waals surface area (Å²) in [5.41, 5.74) is 1.04. The lowest BCUT2D eigenvalue weighted by molar-refractivity contribution is 0.709. The minimum absolute atomic E-state index is 0.262. The molecule has 0 saturated carbocycles. The Kier molecular flexibility index (Phi) is 14.2. The molecule has 0 saturated heterocycles. The van der Waals surface area contributed by atoms with E-state index in [1.807, 2.05) is 72.8 Å². The Labute approximate surface area is 445 Å². The second-order valence-electron chi connectivity index (χ2n) is 17.0. The summed E-state index contributed by atoms with van der Waals surface area (Å²) in [6.45, 7) is 0. The maximum atomic E-state index is 12.1. The molecule has 14 rings (SSSR count). The largest absolute Gasteiger partial charge is 0.339 e. The van der Waals surface area contributed by atoms with Gasteiger partial charge in [-0.25, -0.2) is 58.0 Å². The average Bonchev–Trinajstić information content (AvgIpc) is 4.35. The molecule has 0 aliphatic heterocycles. The van der Waals surface area contributed by atoms with E-state index in [9.17, 15) is 47.9 Å². The molecule has 0 spiro atoms. The molecule has 14 aromatic rings. The fourth-order valence-corrected chi connectivity index (χ4v) is 8.05. The Balaban J connectivity index is 0.000000114. The molecule has 404 valence electrons. The number of rotatable bonds is 4. The first kappa shape index (κ1) is 52.1. The first-order chi connectivity index (χ1) is 39.1. The quantitative estimate of drug-likeness (QED) is 0.117. The van der Waals surface area contributed by atoms with Crippen molar-refractivity contribution in [2.45, 2.75) is 0 Å². The first-order valence-corrected chi connectivity index (χ1v) is 23.8. The molecule has 0 aliphatic rings. The van der Waals surface area contributed by atoms with Crippen molar-refractivity contribution < 1.29 is 0 Å². The topological polar surface area (TPSA) is 429 Å². The number of hydrogen-bond donors (Lipinski definition) is 11. The molecule has 0 radical (unpaired) electrons. The molecular formula is C51H40N20O10. The standard InChI is InChI=1S/4C11H8N4O2.C7H8N4O2/c2*16-10-8-9(13-6-12-8)14-11(17)15(10)7-4-2-1-3-5-7;2*16-10-7-9(14-11(17)15-10)13-8(12-7)6-4-2-1-3-5-6;1-10-5-4(8-3-9-5)6(12)11(2)7(10)13/h2*1-6H,(H,12,13)(H,14,17);2*1-5H,(H3,12,13,14,15,16,17);3H,1-2H3,(H,8,9). The van der Waals surface area contributed by atoms with Gasteiger partial charge in [0.05, 0.1) is 30.4 Å². The summed E-state index contributed by atoms with van der Waals surface area (Å²) in [5.74, 6) is 1.10. The summed E-state index contributed by atoms with van der Waals surface area (Å²) in [4.78, 5) is 164. The van der Waals surface area contributed by atoms with E-state index >= 15 is 0 Å². The van der Waals surface area contributed by atoms with E-state index < -0.39 is 45.0 Å². The van der Waals surface area contributed by atoms with E-state index in [0.717, 1.165) is 24.8 Å². The minimum Gasteiger partial charge on any atom is -0.339 e. The van der Waals surface area contributed by atoms with Crippen LogP contribution in [0.3, 0.4) is 0 Å². The lowest BCUT2D eigenvalue weighted by atomic mass is 10.2. The number of aromatic nitrogens is 20. The van der Waals surface area contributed by atoms with Crippen molar-refractivity contribution in [2.24, 2.45) is 14.1 Å². The van der Waals surface area contributed by atoms with Crippen LogP contribution >= 0.6 is 0 Å². The molecule has 81 heavy (non-hydrogen) atoms. The summed E-state index contributed by atoms with van der Waals surface area (Å²) < 4.78 is 4.51. The maximum absolute atomic E-state index is 12.1. The number of aryl methyl sites for hydroxylation is 1. The van der Waals surface area contributed by atoms with Crippen molar-refractivity contribution in [3.8, 4) is 34.2 Å². The van der Waals surface area contributed by atoms with Gasteiger partial charge in [-0.05, 0) is 24.3 Å². The second-order valence-corrected chi connectivity index (χ2v) is 17.0. The third kappa shape index (κ3) is 10.6. The summed E-state index contributed by atoms with van der Waals surface area (Å²) in [6.07, 6.45) is 4.14. The van der Waals surface area contributed by atoms with Crippen molar-refractivity contribution in [3.05, 3.63) is 244 Å². The van der Waals surface area contributed by atoms with E-state index in [0.29, 0.717) is 34.2 Å². The lowest BCUT2D eigenvalue weighted by Gasteiger charge is -2.03. The molecular weight excluding hydrogens is 1050 g/mol. The highest BCUT2D eigenvalue weighted by molar-refractivity contribution is 5.76. The highest BCUT2D eigenvalue weighted by Crippen LogP contribution is 2.17. The molecule has 10 aromatic heterocycles. The van der Waals surface area contributed by atoms with Crippen LogP contribution in [0.5, 0.6) is 0 Å². The monoisotopic (exact) mass is 1090 g/mol. The van der Waals surface area contributed by atoms with Crippen molar-refractivity contribution >= 4 is 55.8 Å². The fraction of sp³-hybridized carbons (Fsp3) is 0.0392. The van der Waals surface area contributed by atoms with Crippen LogP contribution in [0, 0.1) is 0 Å². The van der Waals surface area contributed by atoms with Gasteiger partial charge in [-0.1, -0.05) is 97.1 Å². The van der Waals surface area contributed by atoms with Crippen molar-refractivity contribution in [3.63, 3.8) is 0 Å². The van der Waals surface area contributed by atoms with Gasteiger partial charge in [0.2, 0.25) is 0 Å². The molecule has 0 aliphatic carbocycles. The summed E-state index contributed by atoms with van der Waals surface area (Å²) in [6, 6.07) is 36.2. The van der Waals surface area contributed by atoms with E-state index in [2.05, 4.69) is 79.7 Å². The van der Waals surface area contributed by atoms with Crippen molar-refractivity contribution in [1.82, 2.24) is 98.0 Å². The number of H-pyrrole nitrogens is 11. The fourth-order valence-electron chi connectivity index (χ4n) is 8.05. The molecule has 30 nitrogen and oxygen atoms in total. The van der Waals surface area contributed by atoms with Gasteiger partial charge < -0.3 is 24.9 Å². The predicted octanol–water partition coefficient (Wildman–Crippen LogP) is 0.978. The van der Waals surface area contributed by atoms with E-state index in [4.69, 9.17) is 0 Å². The summed E-state index contributed by atoms with van der Waals surface area (Å²) >= 11 is 0. The number of para-hydroxylation sites is 2. The third-order valence-electron chi connectivity index (χ3n) is 11.9. The molecule has 0 unspecified atom stereocenters. The van der Waals surface area contributed by atoms with Crippen molar-refractivity contribution in [1.29, 1.82) is 0 Å². The highest BCUT2D eigenvalue weighted by atomic mass is 16.2. The van der Waals surface area contributed by atoms with Gasteiger partial charge in [-0.15, -0.1) is 0 Å². The normalized spacial score (nSPS) is 10.8. The Morgan fingerprint density at radius 3 is 1.16 bits per heavy atom. The van der Waals surface area contributed by atoms with E-state index in [-0.39, 0.29) is 55.9 Å². The lowest BCUT2D eigenvalue weighted by Crippen LogP contribution is -2.36. The average molecular weight is 1090 g/mol. The zero-order chi connectivity index (χ0) is 56.9. The Morgan fingerprint density at radius 1 is 0.358 bits per heavy atom. The van der Waals surface area contributed by atoms with Crippen LogP contribution in [-0.2, 0) is 14.1 Å². The van der Waals surface area contributed by atoms with Gasteiger partial charge in [-0.3, -0.25) is 63.0 Å². The Hall–Kier alpha value is -12.4. The number of benzene rings is 4. The first-order valence-electron chi connectivity index (χ1n) is 23.8. The summed E-state index contributed by atoms with van der Waals surface area (Å²) in [5, 5.41) is 0. The molecule has 0 bridgehead atoms. The number of nitrogens with zero attached hydrogens (tertiary/aromatic N) is 9. The molecule has 4 aromatic carbocycles. The van der Waals surface area contributed by atoms with Crippen LogP contribution in [0.1, 0.15) is 0 Å². The highest BCUT2D eigenvalue weighted by Gasteiger charge is 2.14. The molecule has 10 heterocycles. The van der Waals surface area contributed by atoms with Gasteiger partial charge in [0.1, 0.15) is 39.2 Å². The van der Waals surface area contributed by atoms with Crippen LogP contribution in [0.2, 0.25) is 0 Å². The number of hydrogen-bond acceptors (Lipinski definition) is 15. The zero-order valence-corrected chi connectivity index (χ0v) is 41.9. The van der Waals surface area contributed by atoms with Crippen LogP contribution in [0.15, 0.2) is 188 Å². The summed E-state index contributed by atoms with van der Waals surface area (Å²) in [7, 11) is 3.01. The van der Waals surface area contributed by atoms with Crippen LogP contribution < -0.4 is 56.2 Å². The SMILES string of the molecule is Cn1c(=O)c2[nH]cnc2n(C)c1=O.O=c1[nH]c(=O)c2[nH]c(-c3ccccc3)nc2[nH]1.O=c1[nH]c(=O)c2[nH]c(-c3ccccc3)nc2[nH]1.O=c1[nH]c2nc[nH]c2c(=O)n1-c1ccccc1.O=c1[nH]c2nc[nH]c2c(=O)n1-c1ccccc1. The smallest absolute Gasteiger partial charge is 0.334 e. The number of fused-ring (bicyclic) bond motifs is 5. The van der Waals surface area contributed by atoms with E-state index in [1.165, 1.54) is 30.6 Å². The van der Waals surface area contributed by atoms with Crippen molar-refractivity contribution in [2.75, 3.05) is 0 Å². The maximum Gasteiger partial charge on any atom is 0.334 e. The van der Waals surface area contributed by atoms with Crippen LogP contribution in [0.25, 0.3) is 90.0 Å². The number of nitrogens with one attached hydrogen (secondary N) is 11. The zero-order valence-electron chi connectivity index (χ0n) is 41.9. The Bertz CT molecular complexity index is 4950. The molecule has 0 fully saturated rings. The van der Waals surface area contributed by atoms with Gasteiger partial charge in [0.25, 0.3) is 27.8 Å². The molecule has 11 N–H and O–H groups in total. The Morgan fingerprint density at radius 2 is 0.741 bits per heavy atom. The van der Waals surface area contributed by atoms with Crippen LogP contribution in [-0.4, -0.2) is 98.0 Å². The number of aromatic amines is 11. The molecule has 0 amide bonds. The van der Waals surface area contributed by atoms with Crippen LogP contribution in [0.4, 0.5) is 0 Å². The van der Waals surface area contributed by atoms with Gasteiger partial charge >= 0.3 is 28.4 Å². The second kappa shape index (κ2) is 22.1. The molecule has 30 heteroatoms. The number of imidazole rings is 5. The van der Waals surface area contributed by atoms with Gasteiger partial charge in [-0.2, -0.15) is 0 Å². The third-order valence-corrected chi connectivity index (χ3v) is 11.9. The van der Waals surface area contributed by atoms with E-state index in [1.54, 1.807) is 55.6 Å². The molecule has 0 atom stereocenters. The predicted molar refractivity (Wildman–Crippen MR) is 297 cm³/mol. The van der Waals surface area contributed by atoms with Gasteiger partial charge in [0.15, 0.2) is 28.2 Å². The van der Waals surface area contributed by atoms with Gasteiger partial charge in [0, 0.05) is 25.2 Å².